The van der Waals surface area contributed by atoms with Crippen LogP contribution < -0.4 is 4.90 Å². The zero-order chi connectivity index (χ0) is 12.5. The molecule has 2 aliphatic rings. The SMILES string of the molecule is CCCc1ccc(N2[C@@H]3CC[C@H]2CC(O)C3)cn1. The van der Waals surface area contributed by atoms with Crippen molar-refractivity contribution in [2.45, 2.75) is 63.6 Å². The Morgan fingerprint density at radius 2 is 2.00 bits per heavy atom. The average Bonchev–Trinajstić information content (AvgIpc) is 2.64. The molecule has 1 aromatic heterocycles. The van der Waals surface area contributed by atoms with Crippen LogP contribution in [0.25, 0.3) is 0 Å². The molecule has 2 aliphatic heterocycles. The third kappa shape index (κ3) is 2.12. The Bertz CT molecular complexity index is 389. The number of aryl methyl sites for hydroxylation is 1. The van der Waals surface area contributed by atoms with Crippen LogP contribution in [0.1, 0.15) is 44.7 Å². The molecule has 3 heteroatoms. The topological polar surface area (TPSA) is 36.4 Å². The van der Waals surface area contributed by atoms with Crippen LogP contribution in [0, 0.1) is 0 Å². The molecule has 2 saturated heterocycles. The zero-order valence-corrected chi connectivity index (χ0v) is 11.0. The number of piperidine rings is 1. The van der Waals surface area contributed by atoms with Gasteiger partial charge in [-0.2, -0.15) is 0 Å². The third-order valence-electron chi connectivity index (χ3n) is 4.32. The van der Waals surface area contributed by atoms with E-state index in [0.29, 0.717) is 12.1 Å². The van der Waals surface area contributed by atoms with Crippen molar-refractivity contribution in [3.05, 3.63) is 24.0 Å². The lowest BCUT2D eigenvalue weighted by Gasteiger charge is -2.38. The molecule has 1 aromatic rings. The summed E-state index contributed by atoms with van der Waals surface area (Å²) in [5.41, 5.74) is 2.43. The minimum absolute atomic E-state index is 0.0916. The van der Waals surface area contributed by atoms with Crippen molar-refractivity contribution in [2.24, 2.45) is 0 Å². The fourth-order valence-electron chi connectivity index (χ4n) is 3.54. The molecule has 3 rings (SSSR count). The van der Waals surface area contributed by atoms with Gasteiger partial charge in [0.1, 0.15) is 0 Å². The molecule has 3 nitrogen and oxygen atoms in total. The highest BCUT2D eigenvalue weighted by Crippen LogP contribution is 2.38. The van der Waals surface area contributed by atoms with Gasteiger partial charge < -0.3 is 10.0 Å². The van der Waals surface area contributed by atoms with E-state index in [1.54, 1.807) is 0 Å². The van der Waals surface area contributed by atoms with Gasteiger partial charge in [0.2, 0.25) is 0 Å². The van der Waals surface area contributed by atoms with Crippen molar-refractivity contribution in [2.75, 3.05) is 4.90 Å². The van der Waals surface area contributed by atoms with Crippen LogP contribution in [0.3, 0.4) is 0 Å². The number of pyridine rings is 1. The fraction of sp³-hybridized carbons (Fsp3) is 0.667. The number of aliphatic hydroxyl groups excluding tert-OH is 1. The van der Waals surface area contributed by atoms with E-state index in [2.05, 4.69) is 28.9 Å². The molecule has 0 radical (unpaired) electrons. The Kier molecular flexibility index (Phi) is 3.25. The number of anilines is 1. The molecular formula is C15H22N2O. The van der Waals surface area contributed by atoms with Gasteiger partial charge in [0, 0.05) is 17.8 Å². The second-order valence-electron chi connectivity index (χ2n) is 5.68. The summed E-state index contributed by atoms with van der Waals surface area (Å²) in [6, 6.07) is 5.42. The van der Waals surface area contributed by atoms with Gasteiger partial charge in [0.25, 0.3) is 0 Å². The molecule has 3 heterocycles. The number of rotatable bonds is 3. The summed E-state index contributed by atoms with van der Waals surface area (Å²) in [6.07, 6.45) is 8.43. The quantitative estimate of drug-likeness (QED) is 0.890. The Hall–Kier alpha value is -1.09. The van der Waals surface area contributed by atoms with Crippen molar-refractivity contribution >= 4 is 5.69 Å². The molecule has 0 aliphatic carbocycles. The van der Waals surface area contributed by atoms with Crippen molar-refractivity contribution in [3.8, 4) is 0 Å². The van der Waals surface area contributed by atoms with Gasteiger partial charge in [-0.25, -0.2) is 0 Å². The van der Waals surface area contributed by atoms with Crippen LogP contribution in [-0.2, 0) is 6.42 Å². The molecule has 3 atom stereocenters. The maximum Gasteiger partial charge on any atom is 0.0579 e. The summed E-state index contributed by atoms with van der Waals surface area (Å²) in [5, 5.41) is 9.83. The van der Waals surface area contributed by atoms with Gasteiger partial charge in [-0.05, 0) is 44.2 Å². The van der Waals surface area contributed by atoms with Crippen molar-refractivity contribution in [1.29, 1.82) is 0 Å². The molecule has 2 fully saturated rings. The molecule has 1 unspecified atom stereocenters. The molecule has 0 spiro atoms. The van der Waals surface area contributed by atoms with Crippen LogP contribution in [0.15, 0.2) is 18.3 Å². The lowest BCUT2D eigenvalue weighted by Crippen LogP contribution is -2.44. The van der Waals surface area contributed by atoms with Crippen LogP contribution in [0.5, 0.6) is 0 Å². The molecule has 1 N–H and O–H groups in total. The highest BCUT2D eigenvalue weighted by molar-refractivity contribution is 5.49. The summed E-state index contributed by atoms with van der Waals surface area (Å²) in [4.78, 5) is 7.05. The van der Waals surface area contributed by atoms with E-state index in [4.69, 9.17) is 0 Å². The maximum absolute atomic E-state index is 9.83. The van der Waals surface area contributed by atoms with Crippen molar-refractivity contribution in [3.63, 3.8) is 0 Å². The Morgan fingerprint density at radius 1 is 1.28 bits per heavy atom. The lowest BCUT2D eigenvalue weighted by atomic mass is 9.99. The fourth-order valence-corrected chi connectivity index (χ4v) is 3.54. The largest absolute Gasteiger partial charge is 0.393 e. The van der Waals surface area contributed by atoms with Crippen LogP contribution >= 0.6 is 0 Å². The Morgan fingerprint density at radius 3 is 2.56 bits per heavy atom. The van der Waals surface area contributed by atoms with E-state index >= 15 is 0 Å². The number of nitrogens with zero attached hydrogens (tertiary/aromatic N) is 2. The lowest BCUT2D eigenvalue weighted by molar-refractivity contribution is 0.126. The molecule has 0 aromatic carbocycles. The van der Waals surface area contributed by atoms with Crippen molar-refractivity contribution < 1.29 is 5.11 Å². The standard InChI is InChI=1S/C15H22N2O/c1-2-3-11-4-5-14(10-16-11)17-12-6-7-13(17)9-15(18)8-12/h4-5,10,12-13,15,18H,2-3,6-9H2,1H3/t12-,13+,15?. The summed E-state index contributed by atoms with van der Waals surface area (Å²) in [6.45, 7) is 2.18. The normalized spacial score (nSPS) is 30.8. The third-order valence-corrected chi connectivity index (χ3v) is 4.32. The minimum atomic E-state index is -0.0916. The second kappa shape index (κ2) is 4.88. The molecule has 0 saturated carbocycles. The van der Waals surface area contributed by atoms with E-state index in [1.165, 1.54) is 24.2 Å². The first-order chi connectivity index (χ1) is 8.78. The maximum atomic E-state index is 9.83. The van der Waals surface area contributed by atoms with Crippen LogP contribution in [-0.4, -0.2) is 28.3 Å². The molecular weight excluding hydrogens is 224 g/mol. The van der Waals surface area contributed by atoms with Gasteiger partial charge in [0.15, 0.2) is 0 Å². The van der Waals surface area contributed by atoms with Gasteiger partial charge in [-0.1, -0.05) is 13.3 Å². The first kappa shape index (κ1) is 12.0. The average molecular weight is 246 g/mol. The number of hydrogen-bond acceptors (Lipinski definition) is 3. The molecule has 0 amide bonds. The van der Waals surface area contributed by atoms with Gasteiger partial charge in [0.05, 0.1) is 18.0 Å². The predicted molar refractivity (Wildman–Crippen MR) is 72.8 cm³/mol. The van der Waals surface area contributed by atoms with Gasteiger partial charge in [-0.3, -0.25) is 4.98 Å². The van der Waals surface area contributed by atoms with Crippen LogP contribution in [0.4, 0.5) is 5.69 Å². The smallest absolute Gasteiger partial charge is 0.0579 e. The van der Waals surface area contributed by atoms with Gasteiger partial charge >= 0.3 is 0 Å². The molecule has 98 valence electrons. The zero-order valence-electron chi connectivity index (χ0n) is 11.0. The summed E-state index contributed by atoms with van der Waals surface area (Å²) in [7, 11) is 0. The summed E-state index contributed by atoms with van der Waals surface area (Å²) in [5.74, 6) is 0. The van der Waals surface area contributed by atoms with Gasteiger partial charge in [-0.15, -0.1) is 0 Å². The first-order valence-corrected chi connectivity index (χ1v) is 7.19. The first-order valence-electron chi connectivity index (χ1n) is 7.19. The highest BCUT2D eigenvalue weighted by atomic mass is 16.3. The van der Waals surface area contributed by atoms with E-state index in [9.17, 15) is 5.11 Å². The summed E-state index contributed by atoms with van der Waals surface area (Å²) < 4.78 is 0. The molecule has 2 bridgehead atoms. The summed E-state index contributed by atoms with van der Waals surface area (Å²) >= 11 is 0. The highest BCUT2D eigenvalue weighted by Gasteiger charge is 2.40. The minimum Gasteiger partial charge on any atom is -0.393 e. The number of fused-ring (bicyclic) bond motifs is 2. The Balaban J connectivity index is 1.78. The number of aliphatic hydroxyl groups is 1. The van der Waals surface area contributed by atoms with E-state index in [-0.39, 0.29) is 6.10 Å². The predicted octanol–water partition coefficient (Wildman–Crippen LogP) is 2.53. The van der Waals surface area contributed by atoms with E-state index < -0.39 is 0 Å². The molecule has 18 heavy (non-hydrogen) atoms. The number of hydrogen-bond donors (Lipinski definition) is 1. The Labute approximate surface area is 109 Å². The van der Waals surface area contributed by atoms with Crippen LogP contribution in [0.2, 0.25) is 0 Å². The van der Waals surface area contributed by atoms with E-state index in [1.807, 2.05) is 6.20 Å². The monoisotopic (exact) mass is 246 g/mol. The number of aromatic nitrogens is 1. The van der Waals surface area contributed by atoms with Crippen molar-refractivity contribution in [1.82, 2.24) is 4.98 Å². The van der Waals surface area contributed by atoms with E-state index in [0.717, 1.165) is 25.7 Å². The second-order valence-corrected chi connectivity index (χ2v) is 5.68.